The lowest BCUT2D eigenvalue weighted by atomic mass is 9.62. The number of aliphatic carboxylic acids is 1. The maximum Gasteiger partial charge on any atom is 0.303 e. The number of carbonyl (C=O) groups is 1. The van der Waals surface area contributed by atoms with Crippen LogP contribution in [0.4, 0.5) is 0 Å². The van der Waals surface area contributed by atoms with Gasteiger partial charge in [0, 0.05) is 17.7 Å². The standard InChI is InChI=1S/C24H41ClO4/c1-2-3-14-24(15-9-16-24)22(27)12-8-11-19-18(20(25)17-21(19)26)10-6-4-5-7-13-23(28)29/h8,11,18-22,26-27H,2-7,9-10,12-17H2,1H3,(H,28,29)/b11-8+/t18-,19-,20-,21-,22?/m1/s1. The number of halogens is 1. The Morgan fingerprint density at radius 1 is 1.21 bits per heavy atom. The first-order chi connectivity index (χ1) is 13.9. The van der Waals surface area contributed by atoms with Crippen molar-refractivity contribution in [3.05, 3.63) is 12.2 Å². The molecule has 2 aliphatic carbocycles. The average Bonchev–Trinajstić information content (AvgIpc) is 2.90. The van der Waals surface area contributed by atoms with Gasteiger partial charge in [-0.05, 0) is 56.3 Å². The van der Waals surface area contributed by atoms with Gasteiger partial charge >= 0.3 is 5.97 Å². The van der Waals surface area contributed by atoms with E-state index in [0.717, 1.165) is 51.4 Å². The van der Waals surface area contributed by atoms with Crippen LogP contribution < -0.4 is 0 Å². The molecule has 0 saturated heterocycles. The average molecular weight is 429 g/mol. The molecule has 0 heterocycles. The van der Waals surface area contributed by atoms with Crippen LogP contribution in [-0.4, -0.2) is 38.9 Å². The third-order valence-electron chi connectivity index (χ3n) is 7.35. The predicted molar refractivity (Wildman–Crippen MR) is 118 cm³/mol. The smallest absolute Gasteiger partial charge is 0.303 e. The first-order valence-corrected chi connectivity index (χ1v) is 12.2. The summed E-state index contributed by atoms with van der Waals surface area (Å²) in [6, 6.07) is 0. The van der Waals surface area contributed by atoms with Gasteiger partial charge in [0.05, 0.1) is 12.2 Å². The van der Waals surface area contributed by atoms with E-state index < -0.39 is 12.1 Å². The third kappa shape index (κ3) is 7.25. The Morgan fingerprint density at radius 2 is 1.93 bits per heavy atom. The number of rotatable bonds is 14. The zero-order valence-electron chi connectivity index (χ0n) is 18.1. The van der Waals surface area contributed by atoms with Crippen LogP contribution in [0, 0.1) is 17.3 Å². The number of hydrogen-bond acceptors (Lipinski definition) is 3. The maximum atomic E-state index is 10.8. The molecule has 2 saturated carbocycles. The number of alkyl halides is 1. The molecule has 0 aromatic heterocycles. The molecule has 0 amide bonds. The molecular formula is C24H41ClO4. The molecule has 1 unspecified atom stereocenters. The molecule has 0 radical (unpaired) electrons. The normalized spacial score (nSPS) is 29.8. The van der Waals surface area contributed by atoms with Crippen molar-refractivity contribution in [2.75, 3.05) is 0 Å². The summed E-state index contributed by atoms with van der Waals surface area (Å²) in [6.07, 6.45) is 16.7. The summed E-state index contributed by atoms with van der Waals surface area (Å²) in [6.45, 7) is 2.20. The monoisotopic (exact) mass is 428 g/mol. The summed E-state index contributed by atoms with van der Waals surface area (Å²) in [7, 11) is 0. The molecule has 5 heteroatoms. The SMILES string of the molecule is CCCCC1(C(O)C/C=C/[C@@H]2[C@@H](CCCCCCC(=O)O)[C@H](Cl)C[C@H]2O)CCC1. The van der Waals surface area contributed by atoms with E-state index in [9.17, 15) is 15.0 Å². The maximum absolute atomic E-state index is 10.8. The van der Waals surface area contributed by atoms with Gasteiger partial charge in [0.15, 0.2) is 0 Å². The van der Waals surface area contributed by atoms with Crippen molar-refractivity contribution < 1.29 is 20.1 Å². The highest BCUT2D eigenvalue weighted by Gasteiger charge is 2.42. The molecule has 0 bridgehead atoms. The van der Waals surface area contributed by atoms with Gasteiger partial charge < -0.3 is 15.3 Å². The van der Waals surface area contributed by atoms with Gasteiger partial charge in [0.2, 0.25) is 0 Å². The van der Waals surface area contributed by atoms with Crippen LogP contribution in [-0.2, 0) is 4.79 Å². The van der Waals surface area contributed by atoms with Gasteiger partial charge in [-0.2, -0.15) is 0 Å². The number of carboxylic acids is 1. The van der Waals surface area contributed by atoms with E-state index in [1.54, 1.807) is 0 Å². The highest BCUT2D eigenvalue weighted by Crippen LogP contribution is 2.49. The predicted octanol–water partition coefficient (Wildman–Crippen LogP) is 5.68. The summed E-state index contributed by atoms with van der Waals surface area (Å²) < 4.78 is 0. The van der Waals surface area contributed by atoms with Gasteiger partial charge in [-0.3, -0.25) is 4.79 Å². The first-order valence-electron chi connectivity index (χ1n) is 11.8. The highest BCUT2D eigenvalue weighted by atomic mass is 35.5. The second-order valence-electron chi connectivity index (χ2n) is 9.41. The molecule has 3 N–H and O–H groups in total. The molecule has 2 rings (SSSR count). The Labute approximate surface area is 181 Å². The summed E-state index contributed by atoms with van der Waals surface area (Å²) >= 11 is 6.53. The van der Waals surface area contributed by atoms with Crippen molar-refractivity contribution in [2.45, 2.75) is 114 Å². The molecular weight excluding hydrogens is 388 g/mol. The van der Waals surface area contributed by atoms with Crippen LogP contribution in [0.5, 0.6) is 0 Å². The van der Waals surface area contributed by atoms with Crippen LogP contribution in [0.1, 0.15) is 96.8 Å². The van der Waals surface area contributed by atoms with E-state index in [0.29, 0.717) is 12.8 Å². The molecule has 168 valence electrons. The lowest BCUT2D eigenvalue weighted by molar-refractivity contribution is -0.137. The van der Waals surface area contributed by atoms with Crippen LogP contribution >= 0.6 is 11.6 Å². The second kappa shape index (κ2) is 12.3. The van der Waals surface area contributed by atoms with E-state index in [4.69, 9.17) is 16.7 Å². The number of aliphatic hydroxyl groups excluding tert-OH is 2. The van der Waals surface area contributed by atoms with Crippen molar-refractivity contribution in [3.63, 3.8) is 0 Å². The Kier molecular flexibility index (Phi) is 10.5. The van der Waals surface area contributed by atoms with Crippen molar-refractivity contribution in [3.8, 4) is 0 Å². The third-order valence-corrected chi connectivity index (χ3v) is 7.85. The van der Waals surface area contributed by atoms with E-state index in [-0.39, 0.29) is 35.2 Å². The van der Waals surface area contributed by atoms with Crippen molar-refractivity contribution in [1.82, 2.24) is 0 Å². The zero-order chi connectivity index (χ0) is 21.3. The number of hydrogen-bond donors (Lipinski definition) is 3. The van der Waals surface area contributed by atoms with E-state index in [1.807, 2.05) is 0 Å². The molecule has 4 nitrogen and oxygen atoms in total. The van der Waals surface area contributed by atoms with Crippen LogP contribution in [0.3, 0.4) is 0 Å². The van der Waals surface area contributed by atoms with Gasteiger partial charge in [0.25, 0.3) is 0 Å². The first kappa shape index (κ1) is 24.7. The zero-order valence-corrected chi connectivity index (χ0v) is 18.8. The van der Waals surface area contributed by atoms with Crippen molar-refractivity contribution in [2.24, 2.45) is 17.3 Å². The Balaban J connectivity index is 1.79. The van der Waals surface area contributed by atoms with Gasteiger partial charge in [-0.25, -0.2) is 0 Å². The van der Waals surface area contributed by atoms with Crippen LogP contribution in [0.2, 0.25) is 0 Å². The van der Waals surface area contributed by atoms with Gasteiger partial charge in [-0.1, -0.05) is 57.6 Å². The molecule has 0 aromatic carbocycles. The molecule has 0 aliphatic heterocycles. The molecule has 2 fully saturated rings. The minimum Gasteiger partial charge on any atom is -0.481 e. The van der Waals surface area contributed by atoms with Crippen LogP contribution in [0.25, 0.3) is 0 Å². The fourth-order valence-corrected chi connectivity index (χ4v) is 5.74. The lowest BCUT2D eigenvalue weighted by Crippen LogP contribution is -2.41. The number of carboxylic acid groups (broad SMARTS) is 1. The van der Waals surface area contributed by atoms with Crippen molar-refractivity contribution >= 4 is 17.6 Å². The fraction of sp³-hybridized carbons (Fsp3) is 0.875. The minimum atomic E-state index is -0.726. The summed E-state index contributed by atoms with van der Waals surface area (Å²) in [5.41, 5.74) is 0.124. The van der Waals surface area contributed by atoms with Crippen LogP contribution in [0.15, 0.2) is 12.2 Å². The fourth-order valence-electron chi connectivity index (χ4n) is 5.27. The minimum absolute atomic E-state index is 0.00822. The number of unbranched alkanes of at least 4 members (excludes halogenated alkanes) is 4. The summed E-state index contributed by atoms with van der Waals surface area (Å²) in [5, 5.41) is 29.9. The van der Waals surface area contributed by atoms with E-state index in [1.165, 1.54) is 19.3 Å². The van der Waals surface area contributed by atoms with E-state index >= 15 is 0 Å². The molecule has 29 heavy (non-hydrogen) atoms. The Morgan fingerprint density at radius 3 is 2.55 bits per heavy atom. The molecule has 5 atom stereocenters. The Hall–Kier alpha value is -0.580. The lowest BCUT2D eigenvalue weighted by Gasteiger charge is -2.45. The van der Waals surface area contributed by atoms with Gasteiger partial charge in [0.1, 0.15) is 0 Å². The number of aliphatic hydroxyl groups is 2. The quantitative estimate of drug-likeness (QED) is 0.189. The van der Waals surface area contributed by atoms with E-state index in [2.05, 4.69) is 19.1 Å². The topological polar surface area (TPSA) is 77.8 Å². The molecule has 2 aliphatic rings. The largest absolute Gasteiger partial charge is 0.481 e. The summed E-state index contributed by atoms with van der Waals surface area (Å²) in [4.78, 5) is 10.6. The summed E-state index contributed by atoms with van der Waals surface area (Å²) in [5.74, 6) is -0.399. The molecule has 0 aromatic rings. The highest BCUT2D eigenvalue weighted by molar-refractivity contribution is 6.21. The Bertz CT molecular complexity index is 517. The van der Waals surface area contributed by atoms with Gasteiger partial charge in [-0.15, -0.1) is 11.6 Å². The van der Waals surface area contributed by atoms with Crippen molar-refractivity contribution in [1.29, 1.82) is 0 Å². The molecule has 0 spiro atoms. The second-order valence-corrected chi connectivity index (χ2v) is 9.97.